The van der Waals surface area contributed by atoms with Gasteiger partial charge in [-0.15, -0.1) is 0 Å². The van der Waals surface area contributed by atoms with Gasteiger partial charge in [0.25, 0.3) is 0 Å². The number of pyridine rings is 1. The first-order chi connectivity index (χ1) is 12.3. The van der Waals surface area contributed by atoms with Gasteiger partial charge in [-0.05, 0) is 32.4 Å². The number of benzene rings is 2. The molecule has 0 bridgehead atoms. The summed E-state index contributed by atoms with van der Waals surface area (Å²) in [6.45, 7) is 3.88. The molecular weight excluding hydrogens is 334 g/mol. The fourth-order valence-corrected chi connectivity index (χ4v) is 3.31. The first-order valence-electron chi connectivity index (χ1n) is 8.17. The lowest BCUT2D eigenvalue weighted by Gasteiger charge is -2.18. The lowest BCUT2D eigenvalue weighted by Crippen LogP contribution is -2.12. The van der Waals surface area contributed by atoms with Gasteiger partial charge in [0.05, 0.1) is 28.9 Å². The predicted molar refractivity (Wildman–Crippen MR) is 101 cm³/mol. The van der Waals surface area contributed by atoms with E-state index < -0.39 is 0 Å². The second-order valence-electron chi connectivity index (χ2n) is 6.50. The van der Waals surface area contributed by atoms with Gasteiger partial charge < -0.3 is 24.6 Å². The van der Waals surface area contributed by atoms with Crippen molar-refractivity contribution in [1.82, 2.24) is 4.57 Å². The van der Waals surface area contributed by atoms with Gasteiger partial charge in [-0.3, -0.25) is 4.79 Å². The summed E-state index contributed by atoms with van der Waals surface area (Å²) in [5, 5.41) is 31.3. The van der Waals surface area contributed by atoms with E-state index in [0.717, 1.165) is 5.57 Å². The highest BCUT2D eigenvalue weighted by atomic mass is 16.5. The Hall–Kier alpha value is -3.15. The SMILES string of the molecule is COc1c(O)ccc2c(=O)c3c(O)cc(O)c(CC=C(C)C)c3n(C)c12. The number of methoxy groups -OCH3 is 1. The first kappa shape index (κ1) is 17.7. The molecule has 6 heteroatoms. The predicted octanol–water partition coefficient (Wildman–Crippen LogP) is 3.33. The molecule has 0 aliphatic rings. The molecule has 0 saturated heterocycles. The van der Waals surface area contributed by atoms with Crippen LogP contribution in [-0.4, -0.2) is 27.0 Å². The van der Waals surface area contributed by atoms with Gasteiger partial charge in [0.1, 0.15) is 11.5 Å². The number of nitrogens with zero attached hydrogens (tertiary/aromatic N) is 1. The third-order valence-electron chi connectivity index (χ3n) is 4.53. The molecule has 0 aliphatic heterocycles. The number of allylic oxidation sites excluding steroid dienone is 2. The van der Waals surface area contributed by atoms with E-state index in [9.17, 15) is 20.1 Å². The fraction of sp³-hybridized carbons (Fsp3) is 0.250. The molecule has 1 heterocycles. The van der Waals surface area contributed by atoms with Crippen molar-refractivity contribution >= 4 is 21.8 Å². The van der Waals surface area contributed by atoms with E-state index in [2.05, 4.69) is 0 Å². The summed E-state index contributed by atoms with van der Waals surface area (Å²) in [4.78, 5) is 13.0. The Morgan fingerprint density at radius 1 is 1.12 bits per heavy atom. The number of aromatic hydroxyl groups is 3. The van der Waals surface area contributed by atoms with Crippen molar-refractivity contribution in [3.8, 4) is 23.0 Å². The molecule has 3 rings (SSSR count). The van der Waals surface area contributed by atoms with E-state index in [1.54, 1.807) is 11.6 Å². The average Bonchev–Trinajstić information content (AvgIpc) is 2.57. The normalized spacial score (nSPS) is 11.1. The molecule has 6 nitrogen and oxygen atoms in total. The zero-order valence-corrected chi connectivity index (χ0v) is 15.1. The number of rotatable bonds is 3. The Balaban J connectivity index is 2.61. The number of phenols is 3. The summed E-state index contributed by atoms with van der Waals surface area (Å²) < 4.78 is 6.96. The molecule has 0 atom stereocenters. The Kier molecular flexibility index (Phi) is 4.28. The van der Waals surface area contributed by atoms with Crippen molar-refractivity contribution in [2.45, 2.75) is 20.3 Å². The Morgan fingerprint density at radius 2 is 1.81 bits per heavy atom. The maximum atomic E-state index is 13.0. The molecule has 3 N–H and O–H groups in total. The Labute approximate surface area is 150 Å². The van der Waals surface area contributed by atoms with Crippen LogP contribution in [0.15, 0.2) is 34.6 Å². The maximum absolute atomic E-state index is 13.0. The van der Waals surface area contributed by atoms with Gasteiger partial charge in [-0.2, -0.15) is 0 Å². The molecule has 26 heavy (non-hydrogen) atoms. The lowest BCUT2D eigenvalue weighted by atomic mass is 10.0. The third kappa shape index (κ3) is 2.54. The zero-order chi connectivity index (χ0) is 19.2. The van der Waals surface area contributed by atoms with Crippen LogP contribution in [0.5, 0.6) is 23.0 Å². The van der Waals surface area contributed by atoms with Crippen molar-refractivity contribution in [3.05, 3.63) is 45.6 Å². The summed E-state index contributed by atoms with van der Waals surface area (Å²) in [7, 11) is 3.12. The molecule has 3 aromatic rings. The number of aromatic nitrogens is 1. The quantitative estimate of drug-likeness (QED) is 0.495. The van der Waals surface area contributed by atoms with Crippen LogP contribution in [0, 0.1) is 0 Å². The van der Waals surface area contributed by atoms with Crippen molar-refractivity contribution in [2.75, 3.05) is 7.11 Å². The van der Waals surface area contributed by atoms with E-state index in [0.29, 0.717) is 28.4 Å². The van der Waals surface area contributed by atoms with Crippen LogP contribution in [0.4, 0.5) is 0 Å². The summed E-state index contributed by atoms with van der Waals surface area (Å²) in [5.74, 6) is -0.307. The van der Waals surface area contributed by atoms with E-state index in [4.69, 9.17) is 4.74 Å². The third-order valence-corrected chi connectivity index (χ3v) is 4.53. The molecule has 0 amide bonds. The maximum Gasteiger partial charge on any atom is 0.201 e. The van der Waals surface area contributed by atoms with Crippen molar-refractivity contribution in [1.29, 1.82) is 0 Å². The topological polar surface area (TPSA) is 91.9 Å². The molecular formula is C20H21NO5. The molecule has 136 valence electrons. The average molecular weight is 355 g/mol. The Bertz CT molecular complexity index is 1120. The molecule has 1 aromatic heterocycles. The highest BCUT2D eigenvalue weighted by molar-refractivity contribution is 6.01. The number of aryl methyl sites for hydroxylation is 1. The number of ether oxygens (including phenoxy) is 1. The number of hydrogen-bond acceptors (Lipinski definition) is 5. The summed E-state index contributed by atoms with van der Waals surface area (Å²) in [5.41, 5.74) is 2.00. The molecule has 0 saturated carbocycles. The molecule has 0 radical (unpaired) electrons. The van der Waals surface area contributed by atoms with Crippen LogP contribution < -0.4 is 10.2 Å². The second kappa shape index (κ2) is 6.29. The van der Waals surface area contributed by atoms with Crippen LogP contribution in [0.3, 0.4) is 0 Å². The van der Waals surface area contributed by atoms with Gasteiger partial charge in [0.15, 0.2) is 11.5 Å². The van der Waals surface area contributed by atoms with Gasteiger partial charge in [0.2, 0.25) is 5.43 Å². The van der Waals surface area contributed by atoms with E-state index in [1.165, 1.54) is 25.3 Å². The first-order valence-corrected chi connectivity index (χ1v) is 8.17. The standard InChI is InChI=1S/C20H21NO5/c1-10(2)5-6-11-14(23)9-15(24)16-17(11)21(3)18-12(19(16)25)7-8-13(22)20(18)26-4/h5,7-9,22-24H,6H2,1-4H3. The minimum atomic E-state index is -0.387. The minimum absolute atomic E-state index is 0.0930. The van der Waals surface area contributed by atoms with Crippen LogP contribution in [0.2, 0.25) is 0 Å². The zero-order valence-electron chi connectivity index (χ0n) is 15.1. The smallest absolute Gasteiger partial charge is 0.201 e. The molecule has 0 fully saturated rings. The summed E-state index contributed by atoms with van der Waals surface area (Å²) in [6.07, 6.45) is 2.32. The minimum Gasteiger partial charge on any atom is -0.507 e. The van der Waals surface area contributed by atoms with Gasteiger partial charge >= 0.3 is 0 Å². The van der Waals surface area contributed by atoms with Crippen LogP contribution in [0.25, 0.3) is 21.8 Å². The number of hydrogen-bond donors (Lipinski definition) is 3. The van der Waals surface area contributed by atoms with Crippen molar-refractivity contribution in [3.63, 3.8) is 0 Å². The number of phenolic OH excluding ortho intramolecular Hbond substituents is 3. The summed E-state index contributed by atoms with van der Waals surface area (Å²) >= 11 is 0. The second-order valence-corrected chi connectivity index (χ2v) is 6.50. The lowest BCUT2D eigenvalue weighted by molar-refractivity contribution is 0.376. The van der Waals surface area contributed by atoms with Crippen molar-refractivity contribution < 1.29 is 20.1 Å². The largest absolute Gasteiger partial charge is 0.507 e. The highest BCUT2D eigenvalue weighted by Crippen LogP contribution is 2.39. The van der Waals surface area contributed by atoms with Crippen LogP contribution >= 0.6 is 0 Å². The van der Waals surface area contributed by atoms with E-state index in [1.807, 2.05) is 19.9 Å². The van der Waals surface area contributed by atoms with Gasteiger partial charge in [0, 0.05) is 18.7 Å². The molecule has 0 aliphatic carbocycles. The molecule has 0 unspecified atom stereocenters. The fourth-order valence-electron chi connectivity index (χ4n) is 3.31. The van der Waals surface area contributed by atoms with E-state index in [-0.39, 0.29) is 33.8 Å². The number of fused-ring (bicyclic) bond motifs is 2. The molecule has 2 aromatic carbocycles. The van der Waals surface area contributed by atoms with Crippen LogP contribution in [-0.2, 0) is 13.5 Å². The highest BCUT2D eigenvalue weighted by Gasteiger charge is 2.21. The van der Waals surface area contributed by atoms with Crippen LogP contribution in [0.1, 0.15) is 19.4 Å². The molecule has 0 spiro atoms. The van der Waals surface area contributed by atoms with Crippen molar-refractivity contribution in [2.24, 2.45) is 7.05 Å². The monoisotopic (exact) mass is 355 g/mol. The van der Waals surface area contributed by atoms with Gasteiger partial charge in [-0.1, -0.05) is 11.6 Å². The Morgan fingerprint density at radius 3 is 2.42 bits per heavy atom. The summed E-state index contributed by atoms with van der Waals surface area (Å²) in [6, 6.07) is 4.08. The van der Waals surface area contributed by atoms with Gasteiger partial charge in [-0.25, -0.2) is 0 Å². The van der Waals surface area contributed by atoms with E-state index >= 15 is 0 Å².